The number of carbonyl (C=O) groups excluding carboxylic acids is 2. The maximum atomic E-state index is 13.5. The number of imide groups is 1. The van der Waals surface area contributed by atoms with E-state index < -0.39 is 17.6 Å². The van der Waals surface area contributed by atoms with Gasteiger partial charge in [-0.2, -0.15) is 0 Å². The third kappa shape index (κ3) is 4.12. The van der Waals surface area contributed by atoms with Crippen molar-refractivity contribution in [1.82, 2.24) is 0 Å². The lowest BCUT2D eigenvalue weighted by Crippen LogP contribution is -2.32. The van der Waals surface area contributed by atoms with E-state index >= 15 is 0 Å². The number of nitrogens with zero attached hydrogens (tertiary/aromatic N) is 1. The number of benzene rings is 3. The Morgan fingerprint density at radius 3 is 2.25 bits per heavy atom. The highest BCUT2D eigenvalue weighted by Gasteiger charge is 2.40. The summed E-state index contributed by atoms with van der Waals surface area (Å²) in [4.78, 5) is 28.1. The van der Waals surface area contributed by atoms with Crippen LogP contribution >= 0.6 is 0 Å². The van der Waals surface area contributed by atoms with Crippen molar-refractivity contribution >= 4 is 28.8 Å². The van der Waals surface area contributed by atoms with Crippen molar-refractivity contribution in [3.8, 4) is 5.75 Å². The zero-order valence-electron chi connectivity index (χ0n) is 18.1. The number of amides is 2. The van der Waals surface area contributed by atoms with Crippen molar-refractivity contribution in [2.75, 3.05) is 16.8 Å². The highest BCUT2D eigenvalue weighted by molar-refractivity contribution is 6.46. The highest BCUT2D eigenvalue weighted by Crippen LogP contribution is 2.35. The van der Waals surface area contributed by atoms with E-state index in [1.54, 1.807) is 30.3 Å². The minimum Gasteiger partial charge on any atom is -0.494 e. The Labute approximate surface area is 186 Å². The second-order valence-electron chi connectivity index (χ2n) is 7.63. The first-order chi connectivity index (χ1) is 15.4. The number of carbonyl (C=O) groups is 2. The maximum absolute atomic E-state index is 13.5. The molecule has 32 heavy (non-hydrogen) atoms. The molecule has 0 aromatic heterocycles. The van der Waals surface area contributed by atoms with Crippen molar-refractivity contribution in [3.05, 3.63) is 94.9 Å². The standard InChI is InChI=1S/C26H23FN2O3/c1-4-32-22-7-5-6-20(15-22)28-24-23(18-8-10-19(27)11-9-18)25(30)29(26(24)31)21-13-16(2)12-17(3)14-21/h5-15,28H,4H2,1-3H3. The molecule has 0 radical (unpaired) electrons. The number of hydrogen-bond donors (Lipinski definition) is 1. The minimum absolute atomic E-state index is 0.134. The van der Waals surface area contributed by atoms with Crippen LogP contribution in [0.4, 0.5) is 15.8 Å². The Kier molecular flexibility index (Phi) is 5.77. The van der Waals surface area contributed by atoms with Gasteiger partial charge in [-0.1, -0.05) is 24.3 Å². The lowest BCUT2D eigenvalue weighted by molar-refractivity contribution is -0.120. The van der Waals surface area contributed by atoms with Gasteiger partial charge in [0.15, 0.2) is 0 Å². The summed E-state index contributed by atoms with van der Waals surface area (Å²) in [6.45, 7) is 6.21. The summed E-state index contributed by atoms with van der Waals surface area (Å²) < 4.78 is 19.1. The maximum Gasteiger partial charge on any atom is 0.282 e. The summed E-state index contributed by atoms with van der Waals surface area (Å²) in [6, 6.07) is 18.3. The van der Waals surface area contributed by atoms with E-state index in [1.165, 1.54) is 24.3 Å². The normalized spacial score (nSPS) is 13.7. The largest absolute Gasteiger partial charge is 0.494 e. The van der Waals surface area contributed by atoms with Gasteiger partial charge in [-0.3, -0.25) is 9.59 Å². The number of anilines is 2. The Morgan fingerprint density at radius 2 is 1.59 bits per heavy atom. The zero-order valence-corrected chi connectivity index (χ0v) is 18.1. The second kappa shape index (κ2) is 8.67. The Hall–Kier alpha value is -3.93. The topological polar surface area (TPSA) is 58.6 Å². The van der Waals surface area contributed by atoms with Crippen molar-refractivity contribution in [3.63, 3.8) is 0 Å². The molecule has 1 aliphatic heterocycles. The van der Waals surface area contributed by atoms with Crippen LogP contribution in [-0.2, 0) is 9.59 Å². The number of halogens is 1. The van der Waals surface area contributed by atoms with E-state index in [9.17, 15) is 14.0 Å². The molecule has 162 valence electrons. The van der Waals surface area contributed by atoms with Crippen LogP contribution in [0.3, 0.4) is 0 Å². The van der Waals surface area contributed by atoms with Crippen LogP contribution in [0.15, 0.2) is 72.4 Å². The molecule has 6 heteroatoms. The average Bonchev–Trinajstić information content (AvgIpc) is 2.98. The van der Waals surface area contributed by atoms with Gasteiger partial charge >= 0.3 is 0 Å². The predicted octanol–water partition coefficient (Wildman–Crippen LogP) is 5.24. The molecule has 1 heterocycles. The van der Waals surface area contributed by atoms with Gasteiger partial charge in [0.25, 0.3) is 11.8 Å². The van der Waals surface area contributed by atoms with E-state index in [4.69, 9.17) is 4.74 Å². The van der Waals surface area contributed by atoms with Crippen LogP contribution in [0, 0.1) is 19.7 Å². The summed E-state index contributed by atoms with van der Waals surface area (Å²) in [5, 5.41) is 3.11. The average molecular weight is 430 g/mol. The summed E-state index contributed by atoms with van der Waals surface area (Å²) in [7, 11) is 0. The Bertz CT molecular complexity index is 1210. The third-order valence-corrected chi connectivity index (χ3v) is 5.10. The number of rotatable bonds is 6. The number of aryl methyl sites for hydroxylation is 2. The van der Waals surface area contributed by atoms with Crippen LogP contribution in [-0.4, -0.2) is 18.4 Å². The molecule has 0 fully saturated rings. The number of ether oxygens (including phenoxy) is 1. The quantitative estimate of drug-likeness (QED) is 0.544. The molecule has 1 aliphatic rings. The van der Waals surface area contributed by atoms with Crippen LogP contribution in [0.2, 0.25) is 0 Å². The van der Waals surface area contributed by atoms with Gasteiger partial charge in [-0.15, -0.1) is 0 Å². The minimum atomic E-state index is -0.471. The van der Waals surface area contributed by atoms with Gasteiger partial charge < -0.3 is 10.1 Å². The van der Waals surface area contributed by atoms with Gasteiger partial charge in [-0.05, 0) is 73.9 Å². The molecule has 3 aromatic carbocycles. The molecule has 0 saturated heterocycles. The van der Waals surface area contributed by atoms with Gasteiger partial charge in [-0.25, -0.2) is 9.29 Å². The molecule has 4 rings (SSSR count). The molecule has 0 aliphatic carbocycles. The molecule has 2 amide bonds. The van der Waals surface area contributed by atoms with Gasteiger partial charge in [0.1, 0.15) is 17.3 Å². The summed E-state index contributed by atoms with van der Waals surface area (Å²) >= 11 is 0. The van der Waals surface area contributed by atoms with Crippen LogP contribution in [0.1, 0.15) is 23.6 Å². The zero-order chi connectivity index (χ0) is 22.8. The molecule has 0 bridgehead atoms. The Morgan fingerprint density at radius 1 is 0.906 bits per heavy atom. The summed E-state index contributed by atoms with van der Waals surface area (Å²) in [5.74, 6) is -0.711. The number of nitrogens with one attached hydrogen (secondary N) is 1. The Balaban J connectivity index is 1.81. The van der Waals surface area contributed by atoms with Crippen molar-refractivity contribution in [2.24, 2.45) is 0 Å². The lowest BCUT2D eigenvalue weighted by Gasteiger charge is -2.17. The smallest absolute Gasteiger partial charge is 0.282 e. The van der Waals surface area contributed by atoms with E-state index in [0.29, 0.717) is 29.3 Å². The molecular weight excluding hydrogens is 407 g/mol. The van der Waals surface area contributed by atoms with Crippen LogP contribution < -0.4 is 15.0 Å². The second-order valence-corrected chi connectivity index (χ2v) is 7.63. The van der Waals surface area contributed by atoms with Crippen molar-refractivity contribution < 1.29 is 18.7 Å². The number of hydrogen-bond acceptors (Lipinski definition) is 4. The fourth-order valence-corrected chi connectivity index (χ4v) is 3.82. The summed E-state index contributed by atoms with van der Waals surface area (Å²) in [6.07, 6.45) is 0. The van der Waals surface area contributed by atoms with Gasteiger partial charge in [0.05, 0.1) is 17.9 Å². The van der Waals surface area contributed by atoms with Crippen molar-refractivity contribution in [1.29, 1.82) is 0 Å². The molecule has 5 nitrogen and oxygen atoms in total. The van der Waals surface area contributed by atoms with E-state index in [1.807, 2.05) is 32.9 Å². The molecule has 3 aromatic rings. The highest BCUT2D eigenvalue weighted by atomic mass is 19.1. The first-order valence-electron chi connectivity index (χ1n) is 10.3. The van der Waals surface area contributed by atoms with E-state index in [-0.39, 0.29) is 11.3 Å². The molecule has 0 unspecified atom stereocenters. The lowest BCUT2D eigenvalue weighted by atomic mass is 10.0. The van der Waals surface area contributed by atoms with Crippen LogP contribution in [0.25, 0.3) is 5.57 Å². The summed E-state index contributed by atoms with van der Waals surface area (Å²) in [5.41, 5.74) is 3.76. The first-order valence-corrected chi connectivity index (χ1v) is 10.3. The first kappa shape index (κ1) is 21.3. The molecule has 0 atom stereocenters. The molecule has 0 saturated carbocycles. The monoisotopic (exact) mass is 430 g/mol. The third-order valence-electron chi connectivity index (χ3n) is 5.10. The van der Waals surface area contributed by atoms with Gasteiger partial charge in [0.2, 0.25) is 0 Å². The van der Waals surface area contributed by atoms with Gasteiger partial charge in [0, 0.05) is 11.8 Å². The fourth-order valence-electron chi connectivity index (χ4n) is 3.82. The molecular formula is C26H23FN2O3. The fraction of sp³-hybridized carbons (Fsp3) is 0.154. The van der Waals surface area contributed by atoms with Crippen molar-refractivity contribution in [2.45, 2.75) is 20.8 Å². The van der Waals surface area contributed by atoms with E-state index in [2.05, 4.69) is 5.32 Å². The SMILES string of the molecule is CCOc1cccc(NC2=C(c3ccc(F)cc3)C(=O)N(c3cc(C)cc(C)c3)C2=O)c1. The molecule has 0 spiro atoms. The van der Waals surface area contributed by atoms with Crippen LogP contribution in [0.5, 0.6) is 5.75 Å². The predicted molar refractivity (Wildman–Crippen MR) is 123 cm³/mol. The van der Waals surface area contributed by atoms with E-state index in [0.717, 1.165) is 16.0 Å². The molecule has 1 N–H and O–H groups in total.